The van der Waals surface area contributed by atoms with Gasteiger partial charge >= 0.3 is 0 Å². The number of nitrogen functional groups attached to an aromatic ring is 1. The smallest absolute Gasteiger partial charge is 0.223 e. The zero-order chi connectivity index (χ0) is 9.26. The molecule has 1 heterocycles. The molecule has 2 rings (SSSR count). The summed E-state index contributed by atoms with van der Waals surface area (Å²) in [5.74, 6) is 0.391. The number of aromatic nitrogens is 3. The van der Waals surface area contributed by atoms with Gasteiger partial charge in [0.1, 0.15) is 6.33 Å². The minimum Gasteiger partial charge on any atom is -0.368 e. The number of hydrogen-bond acceptors (Lipinski definition) is 3. The molecule has 0 unspecified atom stereocenters. The zero-order valence-corrected chi connectivity index (χ0v) is 8.27. The van der Waals surface area contributed by atoms with Crippen LogP contribution in [0.1, 0.15) is 0 Å². The van der Waals surface area contributed by atoms with E-state index in [-0.39, 0.29) is 0 Å². The van der Waals surface area contributed by atoms with E-state index in [1.54, 1.807) is 4.68 Å². The highest BCUT2D eigenvalue weighted by Crippen LogP contribution is 2.14. The lowest BCUT2D eigenvalue weighted by atomic mass is 10.3. The van der Waals surface area contributed by atoms with Crippen molar-refractivity contribution in [2.24, 2.45) is 0 Å². The molecule has 13 heavy (non-hydrogen) atoms. The van der Waals surface area contributed by atoms with Gasteiger partial charge < -0.3 is 5.73 Å². The summed E-state index contributed by atoms with van der Waals surface area (Å²) in [5.41, 5.74) is 6.49. The number of halogens is 1. The van der Waals surface area contributed by atoms with E-state index in [0.29, 0.717) is 5.95 Å². The van der Waals surface area contributed by atoms with Crippen LogP contribution in [0.15, 0.2) is 35.1 Å². The van der Waals surface area contributed by atoms with Gasteiger partial charge in [-0.1, -0.05) is 15.9 Å². The molecule has 0 spiro atoms. The number of anilines is 1. The van der Waals surface area contributed by atoms with E-state index >= 15 is 0 Å². The molecule has 0 aliphatic rings. The summed E-state index contributed by atoms with van der Waals surface area (Å²) in [6.45, 7) is 0. The maximum absolute atomic E-state index is 5.59. The average molecular weight is 239 g/mol. The molecule has 0 radical (unpaired) electrons. The molecule has 1 aromatic heterocycles. The number of benzene rings is 1. The molecular formula is C8H7BrN4. The molecule has 0 fully saturated rings. The van der Waals surface area contributed by atoms with Gasteiger partial charge in [0.25, 0.3) is 0 Å². The van der Waals surface area contributed by atoms with E-state index in [4.69, 9.17) is 5.73 Å². The van der Waals surface area contributed by atoms with Gasteiger partial charge in [0.05, 0.1) is 5.69 Å². The SMILES string of the molecule is Nc1ncnn1-c1ccc(Br)cc1. The number of hydrogen-bond donors (Lipinski definition) is 1. The fraction of sp³-hybridized carbons (Fsp3) is 0. The summed E-state index contributed by atoms with van der Waals surface area (Å²) in [6.07, 6.45) is 1.43. The molecule has 0 saturated heterocycles. The number of nitrogens with zero attached hydrogens (tertiary/aromatic N) is 3. The Morgan fingerprint density at radius 2 is 1.92 bits per heavy atom. The molecular weight excluding hydrogens is 232 g/mol. The fourth-order valence-electron chi connectivity index (χ4n) is 1.03. The molecule has 0 atom stereocenters. The first-order valence-corrected chi connectivity index (χ1v) is 4.48. The molecule has 2 N–H and O–H groups in total. The van der Waals surface area contributed by atoms with E-state index in [0.717, 1.165) is 10.2 Å². The Hall–Kier alpha value is -1.36. The predicted octanol–water partition coefficient (Wildman–Crippen LogP) is 1.61. The maximum Gasteiger partial charge on any atom is 0.223 e. The van der Waals surface area contributed by atoms with Crippen LogP contribution in [-0.2, 0) is 0 Å². The van der Waals surface area contributed by atoms with E-state index < -0.39 is 0 Å². The fourth-order valence-corrected chi connectivity index (χ4v) is 1.30. The second-order valence-corrected chi connectivity index (χ2v) is 3.42. The predicted molar refractivity (Wildman–Crippen MR) is 53.5 cm³/mol. The Morgan fingerprint density at radius 3 is 2.46 bits per heavy atom. The van der Waals surface area contributed by atoms with Crippen LogP contribution < -0.4 is 5.73 Å². The van der Waals surface area contributed by atoms with Crippen molar-refractivity contribution >= 4 is 21.9 Å². The molecule has 0 bridgehead atoms. The lowest BCUT2D eigenvalue weighted by molar-refractivity contribution is 0.890. The second kappa shape index (κ2) is 3.18. The van der Waals surface area contributed by atoms with Gasteiger partial charge in [-0.05, 0) is 24.3 Å². The largest absolute Gasteiger partial charge is 0.368 e. The van der Waals surface area contributed by atoms with E-state index in [9.17, 15) is 0 Å². The average Bonchev–Trinajstić information content (AvgIpc) is 2.53. The Labute approximate surface area is 83.5 Å². The summed E-state index contributed by atoms with van der Waals surface area (Å²) in [7, 11) is 0. The van der Waals surface area contributed by atoms with Crippen molar-refractivity contribution in [1.82, 2.24) is 14.8 Å². The molecule has 0 aliphatic heterocycles. The normalized spacial score (nSPS) is 10.2. The van der Waals surface area contributed by atoms with E-state index in [1.807, 2.05) is 24.3 Å². The molecule has 0 saturated carbocycles. The van der Waals surface area contributed by atoms with Gasteiger partial charge in [0.15, 0.2) is 0 Å². The van der Waals surface area contributed by atoms with Crippen molar-refractivity contribution in [3.63, 3.8) is 0 Å². The Bertz CT molecular complexity index is 406. The van der Waals surface area contributed by atoms with Crippen LogP contribution in [-0.4, -0.2) is 14.8 Å². The van der Waals surface area contributed by atoms with Crippen LogP contribution in [0, 0.1) is 0 Å². The third-order valence-electron chi connectivity index (χ3n) is 1.65. The van der Waals surface area contributed by atoms with Crippen LogP contribution in [0.4, 0.5) is 5.95 Å². The van der Waals surface area contributed by atoms with Crippen LogP contribution in [0.25, 0.3) is 5.69 Å². The number of rotatable bonds is 1. The first-order chi connectivity index (χ1) is 6.27. The standard InChI is InChI=1S/C8H7BrN4/c9-6-1-3-7(4-2-6)13-8(10)11-5-12-13/h1-5H,(H2,10,11,12). The third-order valence-corrected chi connectivity index (χ3v) is 2.17. The Kier molecular flexibility index (Phi) is 2.02. The van der Waals surface area contributed by atoms with Gasteiger partial charge in [-0.15, -0.1) is 0 Å². The lowest BCUT2D eigenvalue weighted by Gasteiger charge is -2.01. The summed E-state index contributed by atoms with van der Waals surface area (Å²) < 4.78 is 2.60. The van der Waals surface area contributed by atoms with Crippen molar-refractivity contribution in [2.75, 3.05) is 5.73 Å². The van der Waals surface area contributed by atoms with Gasteiger partial charge in [-0.3, -0.25) is 0 Å². The van der Waals surface area contributed by atoms with Crippen molar-refractivity contribution in [3.8, 4) is 5.69 Å². The van der Waals surface area contributed by atoms with Crippen molar-refractivity contribution < 1.29 is 0 Å². The van der Waals surface area contributed by atoms with Crippen molar-refractivity contribution in [2.45, 2.75) is 0 Å². The van der Waals surface area contributed by atoms with E-state index in [1.165, 1.54) is 6.33 Å². The summed E-state index contributed by atoms with van der Waals surface area (Å²) in [6, 6.07) is 7.68. The third kappa shape index (κ3) is 1.55. The monoisotopic (exact) mass is 238 g/mol. The molecule has 4 nitrogen and oxygen atoms in total. The first kappa shape index (κ1) is 8.25. The molecule has 0 amide bonds. The summed E-state index contributed by atoms with van der Waals surface area (Å²) >= 11 is 3.35. The topological polar surface area (TPSA) is 56.7 Å². The van der Waals surface area contributed by atoms with Crippen LogP contribution >= 0.6 is 15.9 Å². The summed E-state index contributed by atoms with van der Waals surface area (Å²) in [4.78, 5) is 3.83. The van der Waals surface area contributed by atoms with Crippen LogP contribution in [0.2, 0.25) is 0 Å². The lowest BCUT2D eigenvalue weighted by Crippen LogP contribution is -2.01. The first-order valence-electron chi connectivity index (χ1n) is 3.69. The molecule has 66 valence electrons. The Morgan fingerprint density at radius 1 is 1.23 bits per heavy atom. The zero-order valence-electron chi connectivity index (χ0n) is 6.68. The quantitative estimate of drug-likeness (QED) is 0.822. The second-order valence-electron chi connectivity index (χ2n) is 2.51. The minimum atomic E-state index is 0.391. The minimum absolute atomic E-state index is 0.391. The Balaban J connectivity index is 2.47. The van der Waals surface area contributed by atoms with Gasteiger partial charge in [0.2, 0.25) is 5.95 Å². The van der Waals surface area contributed by atoms with Crippen LogP contribution in [0.5, 0.6) is 0 Å². The van der Waals surface area contributed by atoms with Gasteiger partial charge in [-0.2, -0.15) is 14.8 Å². The highest BCUT2D eigenvalue weighted by molar-refractivity contribution is 9.10. The highest BCUT2D eigenvalue weighted by atomic mass is 79.9. The van der Waals surface area contributed by atoms with E-state index in [2.05, 4.69) is 26.0 Å². The maximum atomic E-state index is 5.59. The highest BCUT2D eigenvalue weighted by Gasteiger charge is 2.00. The number of nitrogens with two attached hydrogens (primary N) is 1. The molecule has 2 aromatic rings. The molecule has 5 heteroatoms. The van der Waals surface area contributed by atoms with Crippen molar-refractivity contribution in [3.05, 3.63) is 35.1 Å². The molecule has 0 aliphatic carbocycles. The van der Waals surface area contributed by atoms with Gasteiger partial charge in [0, 0.05) is 4.47 Å². The molecule has 1 aromatic carbocycles. The summed E-state index contributed by atoms with van der Waals surface area (Å²) in [5, 5.41) is 3.98. The van der Waals surface area contributed by atoms with Gasteiger partial charge in [-0.25, -0.2) is 0 Å². The van der Waals surface area contributed by atoms with Crippen molar-refractivity contribution in [1.29, 1.82) is 0 Å². The van der Waals surface area contributed by atoms with Crippen LogP contribution in [0.3, 0.4) is 0 Å².